The fourth-order valence-corrected chi connectivity index (χ4v) is 2.09. The molecular formula is C15H18N2O2. The van der Waals surface area contributed by atoms with Gasteiger partial charge in [0.15, 0.2) is 0 Å². The van der Waals surface area contributed by atoms with Gasteiger partial charge in [-0.25, -0.2) is 4.98 Å². The number of nitrogens with two attached hydrogens (primary N) is 1. The second-order valence-corrected chi connectivity index (χ2v) is 4.23. The number of rotatable bonds is 5. The fourth-order valence-electron chi connectivity index (χ4n) is 2.09. The summed E-state index contributed by atoms with van der Waals surface area (Å²) in [6.07, 6.45) is 2.36. The molecule has 0 saturated carbocycles. The van der Waals surface area contributed by atoms with Gasteiger partial charge >= 0.3 is 0 Å². The van der Waals surface area contributed by atoms with Crippen molar-refractivity contribution in [1.29, 1.82) is 0 Å². The van der Waals surface area contributed by atoms with Gasteiger partial charge in [-0.1, -0.05) is 30.3 Å². The molecule has 1 atom stereocenters. The predicted molar refractivity (Wildman–Crippen MR) is 74.4 cm³/mol. The van der Waals surface area contributed by atoms with Crippen molar-refractivity contribution < 1.29 is 9.47 Å². The Kier molecular flexibility index (Phi) is 4.36. The third kappa shape index (κ3) is 3.03. The largest absolute Gasteiger partial charge is 0.496 e. The van der Waals surface area contributed by atoms with Gasteiger partial charge in [-0.2, -0.15) is 0 Å². The molecule has 0 aliphatic rings. The molecule has 4 nitrogen and oxygen atoms in total. The monoisotopic (exact) mass is 258 g/mol. The highest BCUT2D eigenvalue weighted by molar-refractivity contribution is 5.42. The van der Waals surface area contributed by atoms with Crippen molar-refractivity contribution in [2.45, 2.75) is 12.5 Å². The summed E-state index contributed by atoms with van der Waals surface area (Å²) in [6.45, 7) is 0. The van der Waals surface area contributed by atoms with Crippen LogP contribution in [0.4, 0.5) is 0 Å². The molecule has 2 N–H and O–H groups in total. The summed E-state index contributed by atoms with van der Waals surface area (Å²) in [6, 6.07) is 11.7. The molecule has 2 aromatic rings. The van der Waals surface area contributed by atoms with E-state index in [0.717, 1.165) is 5.56 Å². The Balaban J connectivity index is 2.30. The molecule has 0 aliphatic carbocycles. The van der Waals surface area contributed by atoms with E-state index in [4.69, 9.17) is 15.2 Å². The normalized spacial score (nSPS) is 11.9. The lowest BCUT2D eigenvalue weighted by Gasteiger charge is -2.18. The van der Waals surface area contributed by atoms with Gasteiger partial charge in [-0.15, -0.1) is 0 Å². The first kappa shape index (κ1) is 13.4. The zero-order valence-electron chi connectivity index (χ0n) is 11.2. The van der Waals surface area contributed by atoms with E-state index in [2.05, 4.69) is 17.1 Å². The van der Waals surface area contributed by atoms with E-state index in [1.54, 1.807) is 26.5 Å². The molecule has 0 radical (unpaired) electrons. The van der Waals surface area contributed by atoms with E-state index >= 15 is 0 Å². The SMILES string of the molecule is COc1ccnc(OC)c1C(N)Cc1ccccc1. The Bertz CT molecular complexity index is 507. The molecule has 0 saturated heterocycles. The maximum absolute atomic E-state index is 6.28. The number of ether oxygens (including phenoxy) is 2. The van der Waals surface area contributed by atoms with Gasteiger partial charge in [-0.05, 0) is 18.1 Å². The van der Waals surface area contributed by atoms with E-state index in [1.807, 2.05) is 18.2 Å². The average molecular weight is 258 g/mol. The summed E-state index contributed by atoms with van der Waals surface area (Å²) < 4.78 is 10.6. The van der Waals surface area contributed by atoms with Crippen molar-refractivity contribution in [3.63, 3.8) is 0 Å². The number of methoxy groups -OCH3 is 2. The van der Waals surface area contributed by atoms with E-state index < -0.39 is 0 Å². The van der Waals surface area contributed by atoms with Gasteiger partial charge in [0.1, 0.15) is 5.75 Å². The summed E-state index contributed by atoms with van der Waals surface area (Å²) in [5.74, 6) is 1.22. The maximum Gasteiger partial charge on any atom is 0.221 e. The van der Waals surface area contributed by atoms with Crippen molar-refractivity contribution in [3.8, 4) is 11.6 Å². The third-order valence-corrected chi connectivity index (χ3v) is 3.00. The molecule has 2 rings (SSSR count). The molecule has 1 heterocycles. The minimum Gasteiger partial charge on any atom is -0.496 e. The molecule has 0 amide bonds. The highest BCUT2D eigenvalue weighted by Crippen LogP contribution is 2.32. The first-order chi connectivity index (χ1) is 9.26. The Hall–Kier alpha value is -2.07. The molecular weight excluding hydrogens is 240 g/mol. The number of benzene rings is 1. The molecule has 0 bridgehead atoms. The van der Waals surface area contributed by atoms with E-state index in [9.17, 15) is 0 Å². The van der Waals surface area contributed by atoms with E-state index in [-0.39, 0.29) is 6.04 Å². The number of nitrogens with zero attached hydrogens (tertiary/aromatic N) is 1. The van der Waals surface area contributed by atoms with Crippen molar-refractivity contribution in [1.82, 2.24) is 4.98 Å². The lowest BCUT2D eigenvalue weighted by atomic mass is 10.00. The highest BCUT2D eigenvalue weighted by atomic mass is 16.5. The van der Waals surface area contributed by atoms with Gasteiger partial charge in [-0.3, -0.25) is 0 Å². The molecule has 0 aliphatic heterocycles. The van der Waals surface area contributed by atoms with Crippen LogP contribution in [0.25, 0.3) is 0 Å². The number of aromatic nitrogens is 1. The Morgan fingerprint density at radius 3 is 2.47 bits per heavy atom. The predicted octanol–water partition coefficient (Wildman–Crippen LogP) is 2.34. The third-order valence-electron chi connectivity index (χ3n) is 3.00. The smallest absolute Gasteiger partial charge is 0.221 e. The van der Waals surface area contributed by atoms with E-state index in [1.165, 1.54) is 5.56 Å². The minimum atomic E-state index is -0.221. The Labute approximate surface area is 113 Å². The van der Waals surface area contributed by atoms with Crippen molar-refractivity contribution in [3.05, 3.63) is 53.7 Å². The summed E-state index contributed by atoms with van der Waals surface area (Å²) in [5, 5.41) is 0. The summed E-state index contributed by atoms with van der Waals surface area (Å²) >= 11 is 0. The van der Waals surface area contributed by atoms with Crippen LogP contribution in [0.1, 0.15) is 17.2 Å². The van der Waals surface area contributed by atoms with Crippen LogP contribution in [0, 0.1) is 0 Å². The summed E-state index contributed by atoms with van der Waals surface area (Å²) in [7, 11) is 3.20. The first-order valence-electron chi connectivity index (χ1n) is 6.12. The lowest BCUT2D eigenvalue weighted by Crippen LogP contribution is -2.16. The second-order valence-electron chi connectivity index (χ2n) is 4.23. The first-order valence-corrected chi connectivity index (χ1v) is 6.12. The molecule has 0 fully saturated rings. The fraction of sp³-hybridized carbons (Fsp3) is 0.267. The molecule has 0 spiro atoms. The molecule has 100 valence electrons. The van der Waals surface area contributed by atoms with Crippen LogP contribution in [-0.2, 0) is 6.42 Å². The number of hydrogen-bond donors (Lipinski definition) is 1. The van der Waals surface area contributed by atoms with Crippen LogP contribution in [0.5, 0.6) is 11.6 Å². The van der Waals surface area contributed by atoms with Crippen LogP contribution in [0.2, 0.25) is 0 Å². The number of hydrogen-bond acceptors (Lipinski definition) is 4. The van der Waals surface area contributed by atoms with Gasteiger partial charge in [0, 0.05) is 12.2 Å². The summed E-state index contributed by atoms with van der Waals surface area (Å²) in [4.78, 5) is 4.19. The lowest BCUT2D eigenvalue weighted by molar-refractivity contribution is 0.367. The van der Waals surface area contributed by atoms with E-state index in [0.29, 0.717) is 18.1 Å². The topological polar surface area (TPSA) is 57.4 Å². The standard InChI is InChI=1S/C15H18N2O2/c1-18-13-8-9-17-15(19-2)14(13)12(16)10-11-6-4-3-5-7-11/h3-9,12H,10,16H2,1-2H3. The molecule has 19 heavy (non-hydrogen) atoms. The quantitative estimate of drug-likeness (QED) is 0.894. The van der Waals surface area contributed by atoms with Crippen LogP contribution in [-0.4, -0.2) is 19.2 Å². The van der Waals surface area contributed by atoms with Crippen molar-refractivity contribution >= 4 is 0 Å². The average Bonchev–Trinajstić information content (AvgIpc) is 2.47. The Morgan fingerprint density at radius 2 is 1.84 bits per heavy atom. The van der Waals surface area contributed by atoms with Gasteiger partial charge in [0.25, 0.3) is 0 Å². The molecule has 1 aromatic carbocycles. The summed E-state index contributed by atoms with van der Waals surface area (Å²) in [5.41, 5.74) is 8.25. The Morgan fingerprint density at radius 1 is 1.11 bits per heavy atom. The molecule has 1 aromatic heterocycles. The van der Waals surface area contributed by atoms with Crippen LogP contribution >= 0.6 is 0 Å². The molecule has 1 unspecified atom stereocenters. The zero-order valence-corrected chi connectivity index (χ0v) is 11.2. The maximum atomic E-state index is 6.28. The van der Waals surface area contributed by atoms with Crippen molar-refractivity contribution in [2.75, 3.05) is 14.2 Å². The van der Waals surface area contributed by atoms with Gasteiger partial charge < -0.3 is 15.2 Å². The van der Waals surface area contributed by atoms with Crippen LogP contribution < -0.4 is 15.2 Å². The van der Waals surface area contributed by atoms with Gasteiger partial charge in [0.05, 0.1) is 19.8 Å². The number of pyridine rings is 1. The van der Waals surface area contributed by atoms with Gasteiger partial charge in [0.2, 0.25) is 5.88 Å². The second kappa shape index (κ2) is 6.20. The van der Waals surface area contributed by atoms with Crippen LogP contribution in [0.3, 0.4) is 0 Å². The zero-order chi connectivity index (χ0) is 13.7. The highest BCUT2D eigenvalue weighted by Gasteiger charge is 2.18. The minimum absolute atomic E-state index is 0.221. The van der Waals surface area contributed by atoms with Crippen molar-refractivity contribution in [2.24, 2.45) is 5.73 Å². The molecule has 4 heteroatoms. The van der Waals surface area contributed by atoms with Crippen LogP contribution in [0.15, 0.2) is 42.6 Å².